The van der Waals surface area contributed by atoms with Crippen LogP contribution in [0.1, 0.15) is 57.2 Å². The van der Waals surface area contributed by atoms with Crippen molar-refractivity contribution >= 4 is 0 Å². The van der Waals surface area contributed by atoms with E-state index < -0.39 is 12.7 Å². The van der Waals surface area contributed by atoms with Gasteiger partial charge in [-0.1, -0.05) is 19.0 Å². The molecule has 0 bridgehead atoms. The molecule has 0 saturated heterocycles. The fraction of sp³-hybridized carbons (Fsp3) is 0.857. The fourth-order valence-corrected chi connectivity index (χ4v) is 2.86. The van der Waals surface area contributed by atoms with Crippen molar-refractivity contribution < 1.29 is 17.7 Å². The standard InChI is InChI=1S/C14H22F3N3O/c1-9(2)10-3-5-11(6-4-10)13-19-12(21-20-13)7-18-8-14(15,16)17/h9-11,18H,3-8H2,1-2H3. The molecule has 21 heavy (non-hydrogen) atoms. The molecular weight excluding hydrogens is 283 g/mol. The maximum absolute atomic E-state index is 12.0. The SMILES string of the molecule is CC(C)C1CCC(c2noc(CNCC(F)(F)F)n2)CC1. The first-order valence-corrected chi connectivity index (χ1v) is 7.45. The Balaban J connectivity index is 1.81. The predicted octanol–water partition coefficient (Wildman–Crippen LogP) is 3.65. The van der Waals surface area contributed by atoms with Crippen molar-refractivity contribution in [3.05, 3.63) is 11.7 Å². The van der Waals surface area contributed by atoms with Gasteiger partial charge in [-0.15, -0.1) is 0 Å². The van der Waals surface area contributed by atoms with E-state index in [2.05, 4.69) is 29.3 Å². The third-order valence-electron chi connectivity index (χ3n) is 4.17. The normalized spacial score (nSPS) is 23.7. The van der Waals surface area contributed by atoms with Crippen molar-refractivity contribution in [3.63, 3.8) is 0 Å². The highest BCUT2D eigenvalue weighted by Gasteiger charge is 2.28. The Bertz CT molecular complexity index is 437. The molecule has 120 valence electrons. The number of nitrogens with zero attached hydrogens (tertiary/aromatic N) is 2. The van der Waals surface area contributed by atoms with Gasteiger partial charge in [0.05, 0.1) is 13.1 Å². The summed E-state index contributed by atoms with van der Waals surface area (Å²) in [5.74, 6) is 2.58. The molecule has 1 aromatic rings. The second kappa shape index (κ2) is 6.77. The zero-order valence-corrected chi connectivity index (χ0v) is 12.4. The molecule has 0 radical (unpaired) electrons. The summed E-state index contributed by atoms with van der Waals surface area (Å²) in [7, 11) is 0. The average Bonchev–Trinajstić information content (AvgIpc) is 2.86. The Morgan fingerprint density at radius 3 is 2.48 bits per heavy atom. The number of alkyl halides is 3. The van der Waals surface area contributed by atoms with E-state index in [0.29, 0.717) is 11.7 Å². The van der Waals surface area contributed by atoms with Gasteiger partial charge in [-0.3, -0.25) is 0 Å². The topological polar surface area (TPSA) is 51.0 Å². The van der Waals surface area contributed by atoms with Crippen molar-refractivity contribution in [3.8, 4) is 0 Å². The minimum absolute atomic E-state index is 0.0478. The second-order valence-electron chi connectivity index (χ2n) is 6.12. The third-order valence-corrected chi connectivity index (χ3v) is 4.17. The Labute approximate surface area is 122 Å². The van der Waals surface area contributed by atoms with Crippen molar-refractivity contribution in [1.29, 1.82) is 0 Å². The first kappa shape index (κ1) is 16.3. The van der Waals surface area contributed by atoms with Crippen LogP contribution in [0.2, 0.25) is 0 Å². The lowest BCUT2D eigenvalue weighted by atomic mass is 9.77. The minimum Gasteiger partial charge on any atom is -0.338 e. The number of nitrogens with one attached hydrogen (secondary N) is 1. The Morgan fingerprint density at radius 1 is 1.24 bits per heavy atom. The molecule has 1 aliphatic carbocycles. The van der Waals surface area contributed by atoms with E-state index in [1.54, 1.807) is 0 Å². The summed E-state index contributed by atoms with van der Waals surface area (Å²) < 4.78 is 41.1. The molecule has 1 saturated carbocycles. The highest BCUT2D eigenvalue weighted by molar-refractivity contribution is 4.98. The van der Waals surface area contributed by atoms with Crippen LogP contribution in [-0.4, -0.2) is 22.9 Å². The van der Waals surface area contributed by atoms with Crippen LogP contribution in [0.15, 0.2) is 4.52 Å². The smallest absolute Gasteiger partial charge is 0.338 e. The van der Waals surface area contributed by atoms with Crippen LogP contribution < -0.4 is 5.32 Å². The molecular formula is C14H22F3N3O. The van der Waals surface area contributed by atoms with Crippen LogP contribution in [0.25, 0.3) is 0 Å². The monoisotopic (exact) mass is 305 g/mol. The molecule has 0 aromatic carbocycles. The minimum atomic E-state index is -4.22. The number of hydrogen-bond acceptors (Lipinski definition) is 4. The van der Waals surface area contributed by atoms with Crippen molar-refractivity contribution in [2.45, 2.75) is 58.2 Å². The quantitative estimate of drug-likeness (QED) is 0.902. The lowest BCUT2D eigenvalue weighted by Gasteiger charge is -2.29. The van der Waals surface area contributed by atoms with Gasteiger partial charge in [0, 0.05) is 5.92 Å². The van der Waals surface area contributed by atoms with Gasteiger partial charge < -0.3 is 9.84 Å². The highest BCUT2D eigenvalue weighted by Crippen LogP contribution is 2.37. The average molecular weight is 305 g/mol. The van der Waals surface area contributed by atoms with E-state index in [9.17, 15) is 13.2 Å². The zero-order chi connectivity index (χ0) is 15.5. The molecule has 0 amide bonds. The summed E-state index contributed by atoms with van der Waals surface area (Å²) in [6, 6.07) is 0. The predicted molar refractivity (Wildman–Crippen MR) is 71.6 cm³/mol. The fourth-order valence-electron chi connectivity index (χ4n) is 2.86. The Morgan fingerprint density at radius 2 is 1.90 bits per heavy atom. The second-order valence-corrected chi connectivity index (χ2v) is 6.12. The summed E-state index contributed by atoms with van der Waals surface area (Å²) in [4.78, 5) is 4.22. The number of rotatable bonds is 5. The van der Waals surface area contributed by atoms with Crippen LogP contribution in [0.4, 0.5) is 13.2 Å². The van der Waals surface area contributed by atoms with E-state index in [1.165, 1.54) is 0 Å². The van der Waals surface area contributed by atoms with Gasteiger partial charge in [0.1, 0.15) is 0 Å². The van der Waals surface area contributed by atoms with Crippen LogP contribution in [0.5, 0.6) is 0 Å². The number of hydrogen-bond donors (Lipinski definition) is 1. The molecule has 1 aromatic heterocycles. The Kier molecular flexibility index (Phi) is 5.24. The first-order valence-electron chi connectivity index (χ1n) is 7.45. The molecule has 1 heterocycles. The van der Waals surface area contributed by atoms with Crippen molar-refractivity contribution in [2.24, 2.45) is 11.8 Å². The van der Waals surface area contributed by atoms with E-state index in [0.717, 1.165) is 31.6 Å². The Hall–Kier alpha value is -1.11. The van der Waals surface area contributed by atoms with Gasteiger partial charge in [-0.05, 0) is 37.5 Å². The summed E-state index contributed by atoms with van der Waals surface area (Å²) in [6.45, 7) is 3.38. The van der Waals surface area contributed by atoms with Gasteiger partial charge in [0.2, 0.25) is 5.89 Å². The highest BCUT2D eigenvalue weighted by atomic mass is 19.4. The van der Waals surface area contributed by atoms with Crippen LogP contribution in [0, 0.1) is 11.8 Å². The molecule has 2 rings (SSSR count). The zero-order valence-electron chi connectivity index (χ0n) is 12.4. The summed E-state index contributed by atoms with van der Waals surface area (Å²) in [5, 5.41) is 6.18. The van der Waals surface area contributed by atoms with E-state index in [-0.39, 0.29) is 18.4 Å². The number of aromatic nitrogens is 2. The van der Waals surface area contributed by atoms with Gasteiger partial charge in [0.15, 0.2) is 5.82 Å². The van der Waals surface area contributed by atoms with Crippen LogP contribution >= 0.6 is 0 Å². The summed E-state index contributed by atoms with van der Waals surface area (Å²) >= 11 is 0. The molecule has 1 aliphatic rings. The number of halogens is 3. The molecule has 0 unspecified atom stereocenters. The van der Waals surface area contributed by atoms with Crippen LogP contribution in [0.3, 0.4) is 0 Å². The third kappa shape index (κ3) is 4.98. The van der Waals surface area contributed by atoms with Gasteiger partial charge in [0.25, 0.3) is 0 Å². The van der Waals surface area contributed by atoms with Crippen LogP contribution in [-0.2, 0) is 6.54 Å². The molecule has 0 atom stereocenters. The molecule has 0 spiro atoms. The van der Waals surface area contributed by atoms with Gasteiger partial charge in [-0.25, -0.2) is 0 Å². The van der Waals surface area contributed by atoms with Crippen molar-refractivity contribution in [1.82, 2.24) is 15.5 Å². The van der Waals surface area contributed by atoms with Gasteiger partial charge >= 0.3 is 6.18 Å². The summed E-state index contributed by atoms with van der Waals surface area (Å²) in [6.07, 6.45) is 0.130. The lowest BCUT2D eigenvalue weighted by Crippen LogP contribution is -2.28. The maximum Gasteiger partial charge on any atom is 0.401 e. The van der Waals surface area contributed by atoms with Crippen molar-refractivity contribution in [2.75, 3.05) is 6.54 Å². The lowest BCUT2D eigenvalue weighted by molar-refractivity contribution is -0.125. The molecule has 4 nitrogen and oxygen atoms in total. The first-order chi connectivity index (χ1) is 9.85. The largest absolute Gasteiger partial charge is 0.401 e. The van der Waals surface area contributed by atoms with Gasteiger partial charge in [-0.2, -0.15) is 18.2 Å². The molecule has 7 heteroatoms. The van der Waals surface area contributed by atoms with E-state index in [1.807, 2.05) is 0 Å². The molecule has 0 aliphatic heterocycles. The molecule has 1 fully saturated rings. The summed E-state index contributed by atoms with van der Waals surface area (Å²) in [5.41, 5.74) is 0. The maximum atomic E-state index is 12.0. The van der Waals surface area contributed by atoms with E-state index >= 15 is 0 Å². The molecule has 1 N–H and O–H groups in total. The van der Waals surface area contributed by atoms with E-state index in [4.69, 9.17) is 4.52 Å².